The van der Waals surface area contributed by atoms with Gasteiger partial charge in [-0.2, -0.15) is 5.26 Å². The second-order valence-electron chi connectivity index (χ2n) is 6.48. The molecule has 0 aliphatic heterocycles. The molecule has 0 saturated carbocycles. The molecule has 146 valence electrons. The van der Waals surface area contributed by atoms with Crippen LogP contribution in [-0.4, -0.2) is 13.0 Å². The average Bonchev–Trinajstić information content (AvgIpc) is 2.73. The van der Waals surface area contributed by atoms with Gasteiger partial charge in [0.25, 0.3) is 5.91 Å². The Morgan fingerprint density at radius 3 is 2.31 bits per heavy atom. The maximum Gasteiger partial charge on any atom is 0.255 e. The van der Waals surface area contributed by atoms with E-state index in [-0.39, 0.29) is 5.91 Å². The van der Waals surface area contributed by atoms with Gasteiger partial charge in [0.1, 0.15) is 5.75 Å². The summed E-state index contributed by atoms with van der Waals surface area (Å²) in [4.78, 5) is 12.5. The molecular weight excluding hydrogens is 407 g/mol. The Hall–Kier alpha value is -3.00. The monoisotopic (exact) mass is 424 g/mol. The lowest BCUT2D eigenvalue weighted by Crippen LogP contribution is -2.13. The molecule has 0 heterocycles. The number of amides is 1. The van der Waals surface area contributed by atoms with Crippen molar-refractivity contribution in [2.75, 3.05) is 12.4 Å². The number of hydrogen-bond donors (Lipinski definition) is 1. The number of carbonyl (C=O) groups excluding carboxylic acids is 1. The zero-order chi connectivity index (χ0) is 21.0. The number of nitrogens with zero attached hydrogens (tertiary/aromatic N) is 1. The van der Waals surface area contributed by atoms with E-state index in [0.717, 1.165) is 11.1 Å². The molecule has 0 saturated heterocycles. The molecule has 3 aromatic carbocycles. The number of hydrogen-bond acceptors (Lipinski definition) is 3. The lowest BCUT2D eigenvalue weighted by Gasteiger charge is -2.16. The minimum Gasteiger partial charge on any atom is -0.497 e. The molecule has 0 unspecified atom stereocenters. The van der Waals surface area contributed by atoms with Gasteiger partial charge in [-0.3, -0.25) is 4.79 Å². The molecule has 0 fully saturated rings. The summed E-state index contributed by atoms with van der Waals surface area (Å²) in [6.45, 7) is 1.86. The Labute approximate surface area is 179 Å². The first kappa shape index (κ1) is 20.7. The Kier molecular flexibility index (Phi) is 6.43. The Morgan fingerprint density at radius 1 is 1.07 bits per heavy atom. The summed E-state index contributed by atoms with van der Waals surface area (Å²) in [7, 11) is 1.57. The second-order valence-corrected chi connectivity index (χ2v) is 7.33. The van der Waals surface area contributed by atoms with Gasteiger partial charge >= 0.3 is 0 Å². The highest BCUT2D eigenvalue weighted by atomic mass is 35.5. The van der Waals surface area contributed by atoms with E-state index in [1.807, 2.05) is 13.0 Å². The molecule has 0 aliphatic rings. The molecule has 0 radical (unpaired) electrons. The van der Waals surface area contributed by atoms with Gasteiger partial charge in [0.15, 0.2) is 0 Å². The summed E-state index contributed by atoms with van der Waals surface area (Å²) in [5.74, 6) is -0.117. The molecule has 1 amide bonds. The van der Waals surface area contributed by atoms with Gasteiger partial charge in [-0.25, -0.2) is 0 Å². The highest BCUT2D eigenvalue weighted by molar-refractivity contribution is 6.32. The van der Waals surface area contributed by atoms with Gasteiger partial charge < -0.3 is 10.1 Å². The molecule has 0 aliphatic carbocycles. The number of benzene rings is 3. The highest BCUT2D eigenvalue weighted by Gasteiger charge is 2.19. The van der Waals surface area contributed by atoms with Crippen LogP contribution in [0.5, 0.6) is 5.75 Å². The third-order valence-electron chi connectivity index (χ3n) is 4.59. The van der Waals surface area contributed by atoms with Crippen molar-refractivity contribution >= 4 is 34.8 Å². The largest absolute Gasteiger partial charge is 0.497 e. The number of ether oxygens (including phenoxy) is 1. The first-order valence-electron chi connectivity index (χ1n) is 8.83. The smallest absolute Gasteiger partial charge is 0.255 e. The van der Waals surface area contributed by atoms with Crippen molar-refractivity contribution in [1.82, 2.24) is 0 Å². The van der Waals surface area contributed by atoms with E-state index in [1.54, 1.807) is 61.7 Å². The SMILES string of the molecule is COc1ccc(C(=O)Nc2cc(Cl)c([C@@H](C#N)c3ccc(Cl)cc3)cc2C)cc1. The number of anilines is 1. The highest BCUT2D eigenvalue weighted by Crippen LogP contribution is 2.34. The number of aryl methyl sites for hydroxylation is 1. The quantitative estimate of drug-likeness (QED) is 0.528. The van der Waals surface area contributed by atoms with Crippen LogP contribution in [0.1, 0.15) is 33.0 Å². The maximum absolute atomic E-state index is 12.5. The van der Waals surface area contributed by atoms with E-state index in [1.165, 1.54) is 0 Å². The van der Waals surface area contributed by atoms with E-state index in [4.69, 9.17) is 27.9 Å². The first-order valence-corrected chi connectivity index (χ1v) is 9.59. The Bertz CT molecular complexity index is 1070. The summed E-state index contributed by atoms with van der Waals surface area (Å²) in [5, 5.41) is 13.6. The van der Waals surface area contributed by atoms with Crippen LogP contribution in [0, 0.1) is 18.3 Å². The number of nitrogens with one attached hydrogen (secondary N) is 1. The second kappa shape index (κ2) is 9.00. The predicted molar refractivity (Wildman–Crippen MR) is 116 cm³/mol. The van der Waals surface area contributed by atoms with E-state index >= 15 is 0 Å². The zero-order valence-corrected chi connectivity index (χ0v) is 17.4. The van der Waals surface area contributed by atoms with Crippen LogP contribution >= 0.6 is 23.2 Å². The summed E-state index contributed by atoms with van der Waals surface area (Å²) in [6, 6.07) is 19.7. The number of rotatable bonds is 5. The fourth-order valence-corrected chi connectivity index (χ4v) is 3.37. The number of nitriles is 1. The van der Waals surface area contributed by atoms with Gasteiger partial charge in [-0.1, -0.05) is 41.4 Å². The van der Waals surface area contributed by atoms with Gasteiger partial charge in [0.05, 0.1) is 19.1 Å². The minimum absolute atomic E-state index is 0.255. The molecule has 0 spiro atoms. The molecule has 29 heavy (non-hydrogen) atoms. The van der Waals surface area contributed by atoms with E-state index in [9.17, 15) is 10.1 Å². The van der Waals surface area contributed by atoms with Gasteiger partial charge in [0.2, 0.25) is 0 Å². The van der Waals surface area contributed by atoms with Crippen molar-refractivity contribution in [2.45, 2.75) is 12.8 Å². The topological polar surface area (TPSA) is 62.1 Å². The lowest BCUT2D eigenvalue weighted by atomic mass is 9.91. The Balaban J connectivity index is 1.87. The fraction of sp³-hybridized carbons (Fsp3) is 0.130. The first-order chi connectivity index (χ1) is 13.9. The summed E-state index contributed by atoms with van der Waals surface area (Å²) < 4.78 is 5.11. The normalized spacial score (nSPS) is 11.4. The van der Waals surface area contributed by atoms with E-state index < -0.39 is 5.92 Å². The maximum atomic E-state index is 12.5. The standard InChI is InChI=1S/C23H18Cl2N2O2/c1-14-11-19(20(13-26)15-3-7-17(24)8-4-15)21(25)12-22(14)27-23(28)16-5-9-18(29-2)10-6-16/h3-12,20H,1-2H3,(H,27,28)/t20-/m0/s1. The van der Waals surface area contributed by atoms with Crippen molar-refractivity contribution < 1.29 is 9.53 Å². The van der Waals surface area contributed by atoms with Crippen LogP contribution in [0.3, 0.4) is 0 Å². The van der Waals surface area contributed by atoms with Gasteiger partial charge in [-0.15, -0.1) is 0 Å². The van der Waals surface area contributed by atoms with Crippen molar-refractivity contribution in [3.63, 3.8) is 0 Å². The number of halogens is 2. The van der Waals surface area contributed by atoms with Crippen LogP contribution in [0.25, 0.3) is 0 Å². The van der Waals surface area contributed by atoms with E-state index in [0.29, 0.717) is 32.6 Å². The minimum atomic E-state index is -0.537. The zero-order valence-electron chi connectivity index (χ0n) is 15.9. The fourth-order valence-electron chi connectivity index (χ4n) is 2.98. The predicted octanol–water partition coefficient (Wildman–Crippen LogP) is 6.22. The molecule has 1 atom stereocenters. The van der Waals surface area contributed by atoms with Crippen molar-refractivity contribution in [2.24, 2.45) is 0 Å². The van der Waals surface area contributed by atoms with Gasteiger partial charge in [0, 0.05) is 21.3 Å². The molecule has 0 bridgehead atoms. The van der Waals surface area contributed by atoms with Crippen molar-refractivity contribution in [3.8, 4) is 11.8 Å². The third kappa shape index (κ3) is 4.71. The van der Waals surface area contributed by atoms with Crippen LogP contribution in [0.15, 0.2) is 60.7 Å². The Morgan fingerprint density at radius 2 is 1.72 bits per heavy atom. The van der Waals surface area contributed by atoms with Crippen LogP contribution < -0.4 is 10.1 Å². The van der Waals surface area contributed by atoms with Crippen molar-refractivity contribution in [1.29, 1.82) is 5.26 Å². The molecule has 3 rings (SSSR count). The van der Waals surface area contributed by atoms with Crippen LogP contribution in [-0.2, 0) is 0 Å². The number of carbonyl (C=O) groups is 1. The van der Waals surface area contributed by atoms with E-state index in [2.05, 4.69) is 11.4 Å². The lowest BCUT2D eigenvalue weighted by molar-refractivity contribution is 0.102. The molecule has 3 aromatic rings. The molecular formula is C23H18Cl2N2O2. The van der Waals surface area contributed by atoms with Crippen LogP contribution in [0.4, 0.5) is 5.69 Å². The summed E-state index contributed by atoms with van der Waals surface area (Å²) in [6.07, 6.45) is 0. The average molecular weight is 425 g/mol. The van der Waals surface area contributed by atoms with Crippen molar-refractivity contribution in [3.05, 3.63) is 93.0 Å². The van der Waals surface area contributed by atoms with Crippen LogP contribution in [0.2, 0.25) is 10.0 Å². The number of methoxy groups -OCH3 is 1. The molecule has 0 aromatic heterocycles. The molecule has 1 N–H and O–H groups in total. The molecule has 4 nitrogen and oxygen atoms in total. The summed E-state index contributed by atoms with van der Waals surface area (Å²) >= 11 is 12.4. The summed E-state index contributed by atoms with van der Waals surface area (Å²) in [5.41, 5.74) is 3.37. The third-order valence-corrected chi connectivity index (χ3v) is 5.17. The molecule has 6 heteroatoms. The van der Waals surface area contributed by atoms with Gasteiger partial charge in [-0.05, 0) is 66.1 Å².